The van der Waals surface area contributed by atoms with Crippen molar-refractivity contribution in [2.24, 2.45) is 11.8 Å². The summed E-state index contributed by atoms with van der Waals surface area (Å²) in [5, 5.41) is 15.9. The smallest absolute Gasteiger partial charge is 0.243 e. The number of aromatic nitrogens is 4. The summed E-state index contributed by atoms with van der Waals surface area (Å²) in [6.07, 6.45) is 3.43. The van der Waals surface area contributed by atoms with E-state index in [0.717, 1.165) is 12.8 Å². The fraction of sp³-hybridized carbons (Fsp3) is 0.529. The monoisotopic (exact) mass is 347 g/mol. The summed E-state index contributed by atoms with van der Waals surface area (Å²) in [7, 11) is 0. The molecule has 0 spiro atoms. The van der Waals surface area contributed by atoms with E-state index in [-0.39, 0.29) is 18.5 Å². The van der Waals surface area contributed by atoms with Gasteiger partial charge in [0.15, 0.2) is 0 Å². The molecule has 1 aliphatic carbocycles. The normalized spacial score (nSPS) is 23.9. The lowest BCUT2D eigenvalue weighted by molar-refractivity contribution is -0.123. The lowest BCUT2D eigenvalue weighted by Gasteiger charge is -2.34. The predicted molar refractivity (Wildman–Crippen MR) is 92.4 cm³/mol. The first-order valence-electron chi connectivity index (χ1n) is 8.36. The molecule has 3 atom stereocenters. The van der Waals surface area contributed by atoms with Crippen LogP contribution in [0.1, 0.15) is 33.1 Å². The maximum absolute atomic E-state index is 12.3. The van der Waals surface area contributed by atoms with Gasteiger partial charge in [0, 0.05) is 11.6 Å². The topological polar surface area (TPSA) is 72.7 Å². The summed E-state index contributed by atoms with van der Waals surface area (Å²) >= 11 is 6.14. The third kappa shape index (κ3) is 3.75. The highest BCUT2D eigenvalue weighted by Crippen LogP contribution is 2.29. The number of hydrogen-bond acceptors (Lipinski definition) is 4. The van der Waals surface area contributed by atoms with E-state index in [9.17, 15) is 4.79 Å². The molecule has 1 aromatic carbocycles. The molecule has 0 radical (unpaired) electrons. The van der Waals surface area contributed by atoms with Crippen LogP contribution >= 0.6 is 11.6 Å². The molecule has 1 N–H and O–H groups in total. The number of nitrogens with one attached hydrogen (secondary N) is 1. The largest absolute Gasteiger partial charge is 0.351 e. The lowest BCUT2D eigenvalue weighted by atomic mass is 9.78. The second kappa shape index (κ2) is 7.30. The Morgan fingerprint density at radius 1 is 1.33 bits per heavy atom. The van der Waals surface area contributed by atoms with Crippen LogP contribution in [0.5, 0.6) is 0 Å². The SMILES string of the molecule is C[C@@H]1[C@@H](C)CCC[C@H]1NC(=O)Cn1nnc(-c2ccccc2Cl)n1. The molecule has 0 aliphatic heterocycles. The Balaban J connectivity index is 1.62. The van der Waals surface area contributed by atoms with Gasteiger partial charge in [0.2, 0.25) is 11.7 Å². The molecule has 0 bridgehead atoms. The van der Waals surface area contributed by atoms with Gasteiger partial charge in [-0.3, -0.25) is 4.79 Å². The predicted octanol–water partition coefficient (Wildman–Crippen LogP) is 2.93. The van der Waals surface area contributed by atoms with Crippen LogP contribution in [-0.4, -0.2) is 32.2 Å². The van der Waals surface area contributed by atoms with Crippen LogP contribution in [0.15, 0.2) is 24.3 Å². The van der Waals surface area contributed by atoms with Gasteiger partial charge in [0.1, 0.15) is 6.54 Å². The van der Waals surface area contributed by atoms with Gasteiger partial charge in [0.05, 0.1) is 5.02 Å². The second-order valence-electron chi connectivity index (χ2n) is 6.56. The molecule has 128 valence electrons. The minimum atomic E-state index is -0.0796. The van der Waals surface area contributed by atoms with Gasteiger partial charge in [-0.25, -0.2) is 0 Å². The molecule has 1 amide bonds. The zero-order valence-electron chi connectivity index (χ0n) is 13.9. The number of nitrogens with zero attached hydrogens (tertiary/aromatic N) is 4. The summed E-state index contributed by atoms with van der Waals surface area (Å²) in [4.78, 5) is 13.6. The van der Waals surface area contributed by atoms with Crippen molar-refractivity contribution in [1.29, 1.82) is 0 Å². The van der Waals surface area contributed by atoms with Crippen molar-refractivity contribution >= 4 is 17.5 Å². The Labute approximate surface area is 146 Å². The van der Waals surface area contributed by atoms with Crippen molar-refractivity contribution in [3.8, 4) is 11.4 Å². The van der Waals surface area contributed by atoms with Crippen LogP contribution in [0.4, 0.5) is 0 Å². The summed E-state index contributed by atoms with van der Waals surface area (Å²) in [6, 6.07) is 7.54. The Morgan fingerprint density at radius 2 is 2.12 bits per heavy atom. The molecule has 3 rings (SSSR count). The average molecular weight is 348 g/mol. The van der Waals surface area contributed by atoms with E-state index in [4.69, 9.17) is 11.6 Å². The molecule has 6 nitrogen and oxygen atoms in total. The van der Waals surface area contributed by atoms with Gasteiger partial charge >= 0.3 is 0 Å². The van der Waals surface area contributed by atoms with E-state index in [1.165, 1.54) is 11.2 Å². The van der Waals surface area contributed by atoms with Crippen LogP contribution < -0.4 is 5.32 Å². The molecular weight excluding hydrogens is 326 g/mol. The van der Waals surface area contributed by atoms with Crippen LogP contribution in [0, 0.1) is 11.8 Å². The highest BCUT2D eigenvalue weighted by Gasteiger charge is 2.28. The minimum Gasteiger partial charge on any atom is -0.351 e. The molecule has 7 heteroatoms. The van der Waals surface area contributed by atoms with E-state index < -0.39 is 0 Å². The minimum absolute atomic E-state index is 0.0645. The fourth-order valence-electron chi connectivity index (χ4n) is 3.23. The van der Waals surface area contributed by atoms with E-state index in [1.54, 1.807) is 6.07 Å². The van der Waals surface area contributed by atoms with Crippen molar-refractivity contribution in [2.45, 2.75) is 45.7 Å². The Hall–Kier alpha value is -1.95. The third-order valence-electron chi connectivity index (χ3n) is 4.91. The summed E-state index contributed by atoms with van der Waals surface area (Å²) in [5.41, 5.74) is 0.709. The molecule has 0 unspecified atom stereocenters. The van der Waals surface area contributed by atoms with Crippen LogP contribution in [0.25, 0.3) is 11.4 Å². The first-order chi connectivity index (χ1) is 11.5. The number of halogens is 1. The van der Waals surface area contributed by atoms with Crippen molar-refractivity contribution in [2.75, 3.05) is 0 Å². The summed E-state index contributed by atoms with van der Waals surface area (Å²) in [6.45, 7) is 4.52. The Morgan fingerprint density at radius 3 is 2.92 bits per heavy atom. The number of tetrazole rings is 1. The number of rotatable bonds is 4. The summed E-state index contributed by atoms with van der Waals surface area (Å²) < 4.78 is 0. The molecule has 24 heavy (non-hydrogen) atoms. The van der Waals surface area contributed by atoms with Gasteiger partial charge in [-0.05, 0) is 35.6 Å². The first kappa shape index (κ1) is 16.9. The molecule has 1 fully saturated rings. The fourth-order valence-corrected chi connectivity index (χ4v) is 3.45. The lowest BCUT2D eigenvalue weighted by Crippen LogP contribution is -2.45. The quantitative estimate of drug-likeness (QED) is 0.922. The molecule has 0 saturated heterocycles. The first-order valence-corrected chi connectivity index (χ1v) is 8.74. The average Bonchev–Trinajstić information content (AvgIpc) is 3.00. The number of carbonyl (C=O) groups excluding carboxylic acids is 1. The van der Waals surface area contributed by atoms with Crippen LogP contribution in [0.2, 0.25) is 5.02 Å². The maximum atomic E-state index is 12.3. The van der Waals surface area contributed by atoms with Gasteiger partial charge in [-0.1, -0.05) is 50.4 Å². The van der Waals surface area contributed by atoms with Crippen LogP contribution in [-0.2, 0) is 11.3 Å². The van der Waals surface area contributed by atoms with Gasteiger partial charge < -0.3 is 5.32 Å². The second-order valence-corrected chi connectivity index (χ2v) is 6.97. The van der Waals surface area contributed by atoms with E-state index in [0.29, 0.717) is 28.2 Å². The van der Waals surface area contributed by atoms with E-state index in [1.807, 2.05) is 18.2 Å². The van der Waals surface area contributed by atoms with Gasteiger partial charge in [0.25, 0.3) is 0 Å². The van der Waals surface area contributed by atoms with Gasteiger partial charge in [-0.2, -0.15) is 4.80 Å². The number of carbonyl (C=O) groups is 1. The number of amides is 1. The molecular formula is C17H22ClN5O. The molecule has 1 heterocycles. The zero-order chi connectivity index (χ0) is 17.1. The number of hydrogen-bond donors (Lipinski definition) is 1. The Kier molecular flexibility index (Phi) is 5.14. The van der Waals surface area contributed by atoms with E-state index in [2.05, 4.69) is 34.6 Å². The standard InChI is InChI=1S/C17H22ClN5O/c1-11-6-5-9-15(12(11)2)19-16(24)10-23-21-17(20-22-23)13-7-3-4-8-14(13)18/h3-4,7-8,11-12,15H,5-6,9-10H2,1-2H3,(H,19,24)/t11-,12+,15+/m0/s1. The van der Waals surface area contributed by atoms with Crippen molar-refractivity contribution in [1.82, 2.24) is 25.5 Å². The third-order valence-corrected chi connectivity index (χ3v) is 5.24. The highest BCUT2D eigenvalue weighted by atomic mass is 35.5. The van der Waals surface area contributed by atoms with Crippen molar-refractivity contribution in [3.05, 3.63) is 29.3 Å². The van der Waals surface area contributed by atoms with Crippen molar-refractivity contribution < 1.29 is 4.79 Å². The Bertz CT molecular complexity index is 717. The number of benzene rings is 1. The van der Waals surface area contributed by atoms with Crippen molar-refractivity contribution in [3.63, 3.8) is 0 Å². The molecule has 1 saturated carbocycles. The maximum Gasteiger partial charge on any atom is 0.243 e. The molecule has 2 aromatic rings. The molecule has 1 aliphatic rings. The van der Waals surface area contributed by atoms with Crippen LogP contribution in [0.3, 0.4) is 0 Å². The zero-order valence-corrected chi connectivity index (χ0v) is 14.7. The molecule has 1 aromatic heterocycles. The summed E-state index contributed by atoms with van der Waals surface area (Å²) in [5.74, 6) is 1.47. The highest BCUT2D eigenvalue weighted by molar-refractivity contribution is 6.33. The van der Waals surface area contributed by atoms with E-state index >= 15 is 0 Å². The van der Waals surface area contributed by atoms with Gasteiger partial charge in [-0.15, -0.1) is 10.2 Å².